The molecule has 2 aromatic rings. The van der Waals surface area contributed by atoms with Gasteiger partial charge in [-0.15, -0.1) is 0 Å². The van der Waals surface area contributed by atoms with E-state index in [1.807, 2.05) is 12.1 Å². The Bertz CT molecular complexity index is 836. The van der Waals surface area contributed by atoms with Crippen molar-refractivity contribution in [2.45, 2.75) is 24.2 Å². The summed E-state index contributed by atoms with van der Waals surface area (Å²) in [6.45, 7) is 1.76. The summed E-state index contributed by atoms with van der Waals surface area (Å²) in [5.74, 6) is -0.942. The number of anilines is 2. The third-order valence-electron chi connectivity index (χ3n) is 4.05. The van der Waals surface area contributed by atoms with Crippen LogP contribution in [0.5, 0.6) is 0 Å². The molecular formula is C17H18ClFN2O2S. The van der Waals surface area contributed by atoms with Gasteiger partial charge in [-0.1, -0.05) is 29.8 Å². The number of nitrogens with zero attached hydrogens (tertiary/aromatic N) is 1. The maximum atomic E-state index is 14.1. The summed E-state index contributed by atoms with van der Waals surface area (Å²) in [5.41, 5.74) is 1.25. The summed E-state index contributed by atoms with van der Waals surface area (Å²) in [6, 6.07) is 11.1. The van der Waals surface area contributed by atoms with Crippen molar-refractivity contribution in [3.05, 3.63) is 53.3 Å². The van der Waals surface area contributed by atoms with Gasteiger partial charge < -0.3 is 4.90 Å². The van der Waals surface area contributed by atoms with Gasteiger partial charge in [0.05, 0.1) is 16.4 Å². The predicted molar refractivity (Wildman–Crippen MR) is 94.7 cm³/mol. The van der Waals surface area contributed by atoms with Crippen LogP contribution in [-0.2, 0) is 10.0 Å². The first-order valence-corrected chi connectivity index (χ1v) is 9.66. The van der Waals surface area contributed by atoms with Gasteiger partial charge in [0.2, 0.25) is 0 Å². The molecule has 0 amide bonds. The summed E-state index contributed by atoms with van der Waals surface area (Å²) in [7, 11) is -4.06. The molecule has 1 aliphatic heterocycles. The molecule has 0 bridgehead atoms. The van der Waals surface area contributed by atoms with Crippen LogP contribution in [0.3, 0.4) is 0 Å². The van der Waals surface area contributed by atoms with E-state index in [9.17, 15) is 12.8 Å². The molecule has 1 saturated heterocycles. The quantitative estimate of drug-likeness (QED) is 0.876. The summed E-state index contributed by atoms with van der Waals surface area (Å²) in [6.07, 6.45) is 3.33. The van der Waals surface area contributed by atoms with Crippen LogP contribution in [0.2, 0.25) is 5.02 Å². The van der Waals surface area contributed by atoms with Crippen molar-refractivity contribution in [2.24, 2.45) is 0 Å². The van der Waals surface area contributed by atoms with Crippen LogP contribution in [0.25, 0.3) is 0 Å². The molecule has 4 nitrogen and oxygen atoms in total. The Kier molecular flexibility index (Phi) is 4.96. The van der Waals surface area contributed by atoms with E-state index in [1.54, 1.807) is 12.1 Å². The molecule has 0 unspecified atom stereocenters. The molecule has 3 rings (SSSR count). The first-order chi connectivity index (χ1) is 11.5. The lowest BCUT2D eigenvalue weighted by atomic mass is 10.1. The molecule has 0 radical (unpaired) electrons. The maximum absolute atomic E-state index is 14.1. The normalized spacial score (nSPS) is 15.3. The van der Waals surface area contributed by atoms with Crippen molar-refractivity contribution in [1.82, 2.24) is 0 Å². The lowest BCUT2D eigenvalue weighted by Crippen LogP contribution is -2.30. The summed E-state index contributed by atoms with van der Waals surface area (Å²) in [4.78, 5) is 1.69. The highest BCUT2D eigenvalue weighted by Gasteiger charge is 2.23. The highest BCUT2D eigenvalue weighted by molar-refractivity contribution is 7.92. The monoisotopic (exact) mass is 368 g/mol. The number of rotatable bonds is 4. The molecule has 1 aliphatic rings. The predicted octanol–water partition coefficient (Wildman–Crippen LogP) is 4.27. The standard InChI is InChI=1S/C17H18ClFN2O2S/c18-13-7-6-10-16(17(13)19)24(22,23)20-14-8-2-3-9-15(14)21-11-4-1-5-12-21/h2-3,6-10,20H,1,4-5,11-12H2. The van der Waals surface area contributed by atoms with E-state index in [0.29, 0.717) is 5.69 Å². The number of sulfonamides is 1. The van der Waals surface area contributed by atoms with Gasteiger partial charge in [0, 0.05) is 13.1 Å². The summed E-state index contributed by atoms with van der Waals surface area (Å²) >= 11 is 5.70. The maximum Gasteiger partial charge on any atom is 0.264 e. The van der Waals surface area contributed by atoms with E-state index < -0.39 is 20.7 Å². The van der Waals surface area contributed by atoms with E-state index in [1.165, 1.54) is 24.6 Å². The number of piperidine rings is 1. The van der Waals surface area contributed by atoms with Crippen LogP contribution < -0.4 is 9.62 Å². The van der Waals surface area contributed by atoms with Crippen LogP contribution >= 0.6 is 11.6 Å². The molecule has 0 spiro atoms. The van der Waals surface area contributed by atoms with Crippen LogP contribution in [0, 0.1) is 5.82 Å². The van der Waals surface area contributed by atoms with Gasteiger partial charge in [-0.25, -0.2) is 12.8 Å². The fourth-order valence-electron chi connectivity index (χ4n) is 2.86. The highest BCUT2D eigenvalue weighted by atomic mass is 35.5. The molecule has 2 aromatic carbocycles. The minimum atomic E-state index is -4.06. The van der Waals surface area contributed by atoms with Gasteiger partial charge in [0.25, 0.3) is 10.0 Å². The zero-order valence-electron chi connectivity index (χ0n) is 13.0. The highest BCUT2D eigenvalue weighted by Crippen LogP contribution is 2.31. The Morgan fingerprint density at radius 2 is 1.71 bits per heavy atom. The first-order valence-electron chi connectivity index (χ1n) is 7.80. The van der Waals surface area contributed by atoms with E-state index >= 15 is 0 Å². The minimum absolute atomic E-state index is 0.220. The molecule has 0 saturated carbocycles. The molecule has 7 heteroatoms. The smallest absolute Gasteiger partial charge is 0.264 e. The number of halogens is 2. The van der Waals surface area contributed by atoms with Crippen LogP contribution in [0.15, 0.2) is 47.4 Å². The van der Waals surface area contributed by atoms with E-state index in [4.69, 9.17) is 11.6 Å². The Balaban J connectivity index is 1.94. The molecule has 24 heavy (non-hydrogen) atoms. The second kappa shape index (κ2) is 6.99. The van der Waals surface area contributed by atoms with Crippen molar-refractivity contribution < 1.29 is 12.8 Å². The zero-order chi connectivity index (χ0) is 17.2. The van der Waals surface area contributed by atoms with E-state index in [0.717, 1.165) is 31.6 Å². The molecule has 1 heterocycles. The van der Waals surface area contributed by atoms with Gasteiger partial charge in [-0.2, -0.15) is 0 Å². The van der Waals surface area contributed by atoms with E-state index in [2.05, 4.69) is 9.62 Å². The molecule has 1 N–H and O–H groups in total. The number of para-hydroxylation sites is 2. The van der Waals surface area contributed by atoms with E-state index in [-0.39, 0.29) is 5.02 Å². The number of nitrogens with one attached hydrogen (secondary N) is 1. The zero-order valence-corrected chi connectivity index (χ0v) is 14.6. The Labute approximate surface area is 146 Å². The molecule has 1 fully saturated rings. The third kappa shape index (κ3) is 3.49. The lowest BCUT2D eigenvalue weighted by Gasteiger charge is -2.30. The van der Waals surface area contributed by atoms with Crippen LogP contribution in [0.4, 0.5) is 15.8 Å². The minimum Gasteiger partial charge on any atom is -0.370 e. The molecule has 0 aromatic heterocycles. The van der Waals surface area contributed by atoms with Gasteiger partial charge >= 0.3 is 0 Å². The van der Waals surface area contributed by atoms with Crippen LogP contribution in [-0.4, -0.2) is 21.5 Å². The van der Waals surface area contributed by atoms with Crippen LogP contribution in [0.1, 0.15) is 19.3 Å². The van der Waals surface area contributed by atoms with Crippen molar-refractivity contribution >= 4 is 33.0 Å². The third-order valence-corrected chi connectivity index (χ3v) is 5.73. The van der Waals surface area contributed by atoms with Gasteiger partial charge in [0.15, 0.2) is 5.82 Å². The SMILES string of the molecule is O=S(=O)(Nc1ccccc1N1CCCCC1)c1cccc(Cl)c1F. The topological polar surface area (TPSA) is 49.4 Å². The molecule has 128 valence electrons. The first kappa shape index (κ1) is 17.0. The van der Waals surface area contributed by atoms with Crippen molar-refractivity contribution in [2.75, 3.05) is 22.7 Å². The molecule has 0 atom stereocenters. The Morgan fingerprint density at radius 1 is 1.00 bits per heavy atom. The Morgan fingerprint density at radius 3 is 2.46 bits per heavy atom. The molecular weight excluding hydrogens is 351 g/mol. The fourth-order valence-corrected chi connectivity index (χ4v) is 4.27. The van der Waals surface area contributed by atoms with Crippen molar-refractivity contribution in [3.63, 3.8) is 0 Å². The van der Waals surface area contributed by atoms with Gasteiger partial charge in [-0.05, 0) is 43.5 Å². The second-order valence-corrected chi connectivity index (χ2v) is 7.78. The summed E-state index contributed by atoms with van der Waals surface area (Å²) in [5, 5.41) is -0.220. The average molecular weight is 369 g/mol. The summed E-state index contributed by atoms with van der Waals surface area (Å²) < 4.78 is 41.8. The van der Waals surface area contributed by atoms with Crippen molar-refractivity contribution in [3.8, 4) is 0 Å². The van der Waals surface area contributed by atoms with Crippen molar-refractivity contribution in [1.29, 1.82) is 0 Å². The Hall–Kier alpha value is -1.79. The number of benzene rings is 2. The lowest BCUT2D eigenvalue weighted by molar-refractivity contribution is 0.570. The van der Waals surface area contributed by atoms with Gasteiger partial charge in [-0.3, -0.25) is 4.72 Å². The number of hydrogen-bond donors (Lipinski definition) is 1. The second-order valence-electron chi connectivity index (χ2n) is 5.72. The van der Waals surface area contributed by atoms with Gasteiger partial charge in [0.1, 0.15) is 4.90 Å². The largest absolute Gasteiger partial charge is 0.370 e. The molecule has 0 aliphatic carbocycles. The average Bonchev–Trinajstić information content (AvgIpc) is 2.58. The fraction of sp³-hybridized carbons (Fsp3) is 0.294. The number of hydrogen-bond acceptors (Lipinski definition) is 3.